The van der Waals surface area contributed by atoms with Crippen LogP contribution in [0.1, 0.15) is 31.2 Å². The maximum absolute atomic E-state index is 11.4. The van der Waals surface area contributed by atoms with Crippen LogP contribution in [-0.4, -0.2) is 25.7 Å². The molecule has 19 heavy (non-hydrogen) atoms. The van der Waals surface area contributed by atoms with Gasteiger partial charge in [0, 0.05) is 12.1 Å². The van der Waals surface area contributed by atoms with Gasteiger partial charge < -0.3 is 5.32 Å². The van der Waals surface area contributed by atoms with Crippen molar-refractivity contribution in [1.82, 2.24) is 19.7 Å². The van der Waals surface area contributed by atoms with Crippen molar-refractivity contribution < 1.29 is 4.79 Å². The van der Waals surface area contributed by atoms with Crippen molar-refractivity contribution in [3.63, 3.8) is 0 Å². The zero-order chi connectivity index (χ0) is 13.8. The zero-order valence-corrected chi connectivity index (χ0v) is 11.3. The molecule has 0 fully saturated rings. The SMILES string of the molecule is CCCC(=O)Nc1cnc(-n2nc(C)cc2C)nc1. The zero-order valence-electron chi connectivity index (χ0n) is 11.3. The standard InChI is InChI=1S/C13H17N5O/c1-4-5-12(19)16-11-7-14-13(15-8-11)18-10(3)6-9(2)17-18/h6-8H,4-5H2,1-3H3,(H,16,19). The molecule has 6 heteroatoms. The predicted molar refractivity (Wildman–Crippen MR) is 72.2 cm³/mol. The number of carbonyl (C=O) groups is 1. The Morgan fingerprint density at radius 2 is 2.00 bits per heavy atom. The molecule has 0 aliphatic rings. The highest BCUT2D eigenvalue weighted by molar-refractivity contribution is 5.90. The molecule has 0 spiro atoms. The van der Waals surface area contributed by atoms with E-state index in [0.717, 1.165) is 17.8 Å². The molecule has 6 nitrogen and oxygen atoms in total. The van der Waals surface area contributed by atoms with Crippen molar-refractivity contribution in [1.29, 1.82) is 0 Å². The van der Waals surface area contributed by atoms with E-state index in [1.165, 1.54) is 0 Å². The molecule has 2 rings (SSSR count). The van der Waals surface area contributed by atoms with Crippen LogP contribution in [0.2, 0.25) is 0 Å². The highest BCUT2D eigenvalue weighted by atomic mass is 16.1. The first-order valence-corrected chi connectivity index (χ1v) is 6.25. The average molecular weight is 259 g/mol. The number of hydrogen-bond acceptors (Lipinski definition) is 4. The lowest BCUT2D eigenvalue weighted by Crippen LogP contribution is -2.12. The second-order valence-corrected chi connectivity index (χ2v) is 4.41. The van der Waals surface area contributed by atoms with Crippen LogP contribution in [0.4, 0.5) is 5.69 Å². The Bertz CT molecular complexity index is 573. The van der Waals surface area contributed by atoms with Crippen molar-refractivity contribution in [3.05, 3.63) is 29.8 Å². The first-order chi connectivity index (χ1) is 9.10. The molecule has 100 valence electrons. The Hall–Kier alpha value is -2.24. The van der Waals surface area contributed by atoms with Crippen LogP contribution < -0.4 is 5.32 Å². The number of rotatable bonds is 4. The van der Waals surface area contributed by atoms with Crippen LogP contribution >= 0.6 is 0 Å². The Labute approximate surface area is 111 Å². The summed E-state index contributed by atoms with van der Waals surface area (Å²) in [6.07, 6.45) is 4.49. The largest absolute Gasteiger partial charge is 0.323 e. The number of anilines is 1. The number of carbonyl (C=O) groups excluding carboxylic acids is 1. The van der Waals surface area contributed by atoms with E-state index >= 15 is 0 Å². The van der Waals surface area contributed by atoms with Gasteiger partial charge in [-0.2, -0.15) is 5.10 Å². The van der Waals surface area contributed by atoms with Crippen LogP contribution in [-0.2, 0) is 4.79 Å². The first kappa shape index (κ1) is 13.2. The van der Waals surface area contributed by atoms with Gasteiger partial charge in [-0.15, -0.1) is 0 Å². The van der Waals surface area contributed by atoms with Gasteiger partial charge in [-0.05, 0) is 26.3 Å². The summed E-state index contributed by atoms with van der Waals surface area (Å²) in [5, 5.41) is 7.05. The molecule has 0 aromatic carbocycles. The van der Waals surface area contributed by atoms with Gasteiger partial charge in [-0.3, -0.25) is 4.79 Å². The number of hydrogen-bond donors (Lipinski definition) is 1. The molecular weight excluding hydrogens is 242 g/mol. The van der Waals surface area contributed by atoms with Crippen LogP contribution in [0.3, 0.4) is 0 Å². The molecule has 0 aliphatic carbocycles. The monoisotopic (exact) mass is 259 g/mol. The van der Waals surface area contributed by atoms with E-state index < -0.39 is 0 Å². The van der Waals surface area contributed by atoms with E-state index in [2.05, 4.69) is 20.4 Å². The Morgan fingerprint density at radius 3 is 2.53 bits per heavy atom. The molecular formula is C13H17N5O. The minimum atomic E-state index is -0.0232. The van der Waals surface area contributed by atoms with Crippen molar-refractivity contribution in [2.45, 2.75) is 33.6 Å². The number of amides is 1. The van der Waals surface area contributed by atoms with E-state index in [1.807, 2.05) is 26.8 Å². The van der Waals surface area contributed by atoms with E-state index in [9.17, 15) is 4.79 Å². The summed E-state index contributed by atoms with van der Waals surface area (Å²) in [5.41, 5.74) is 2.49. The fourth-order valence-corrected chi connectivity index (χ4v) is 1.78. The molecule has 2 aromatic heterocycles. The summed E-state index contributed by atoms with van der Waals surface area (Å²) in [5.74, 6) is 0.476. The van der Waals surface area contributed by atoms with Gasteiger partial charge in [0.15, 0.2) is 0 Å². The highest BCUT2D eigenvalue weighted by Crippen LogP contribution is 2.10. The van der Waals surface area contributed by atoms with Crippen molar-refractivity contribution in [2.24, 2.45) is 0 Å². The average Bonchev–Trinajstić information content (AvgIpc) is 2.70. The van der Waals surface area contributed by atoms with E-state index in [4.69, 9.17) is 0 Å². The summed E-state index contributed by atoms with van der Waals surface area (Å²) >= 11 is 0. The minimum absolute atomic E-state index is 0.0232. The van der Waals surface area contributed by atoms with E-state index in [-0.39, 0.29) is 5.91 Å². The summed E-state index contributed by atoms with van der Waals surface area (Å²) in [7, 11) is 0. The van der Waals surface area contributed by atoms with Crippen LogP contribution in [0.15, 0.2) is 18.5 Å². The molecule has 0 saturated heterocycles. The van der Waals surface area contributed by atoms with Crippen LogP contribution in [0, 0.1) is 13.8 Å². The Morgan fingerprint density at radius 1 is 1.32 bits per heavy atom. The van der Waals surface area contributed by atoms with Gasteiger partial charge in [-0.1, -0.05) is 6.92 Å². The summed E-state index contributed by atoms with van der Waals surface area (Å²) in [6, 6.07) is 1.96. The maximum Gasteiger partial charge on any atom is 0.250 e. The lowest BCUT2D eigenvalue weighted by Gasteiger charge is -2.05. The third-order valence-electron chi connectivity index (χ3n) is 2.60. The summed E-state index contributed by atoms with van der Waals surface area (Å²) < 4.78 is 1.67. The molecule has 2 heterocycles. The molecule has 2 aromatic rings. The van der Waals surface area contributed by atoms with Crippen LogP contribution in [0.25, 0.3) is 5.95 Å². The lowest BCUT2D eigenvalue weighted by atomic mass is 10.3. The van der Waals surface area contributed by atoms with E-state index in [1.54, 1.807) is 17.1 Å². The van der Waals surface area contributed by atoms with Crippen molar-refractivity contribution >= 4 is 11.6 Å². The highest BCUT2D eigenvalue weighted by Gasteiger charge is 2.07. The minimum Gasteiger partial charge on any atom is -0.323 e. The molecule has 0 unspecified atom stereocenters. The van der Waals surface area contributed by atoms with Gasteiger partial charge in [0.05, 0.1) is 23.8 Å². The normalized spacial score (nSPS) is 10.5. The van der Waals surface area contributed by atoms with Gasteiger partial charge in [0.25, 0.3) is 5.95 Å². The Kier molecular flexibility index (Phi) is 3.89. The smallest absolute Gasteiger partial charge is 0.250 e. The molecule has 1 N–H and O–H groups in total. The molecule has 0 aliphatic heterocycles. The van der Waals surface area contributed by atoms with Gasteiger partial charge >= 0.3 is 0 Å². The fourth-order valence-electron chi connectivity index (χ4n) is 1.78. The molecule has 0 saturated carbocycles. The molecule has 0 radical (unpaired) electrons. The van der Waals surface area contributed by atoms with E-state index in [0.29, 0.717) is 18.1 Å². The molecule has 1 amide bonds. The number of aromatic nitrogens is 4. The molecule has 0 bridgehead atoms. The lowest BCUT2D eigenvalue weighted by molar-refractivity contribution is -0.116. The van der Waals surface area contributed by atoms with Crippen molar-refractivity contribution in [3.8, 4) is 5.95 Å². The topological polar surface area (TPSA) is 72.7 Å². The van der Waals surface area contributed by atoms with Crippen LogP contribution in [0.5, 0.6) is 0 Å². The van der Waals surface area contributed by atoms with Gasteiger partial charge in [0.2, 0.25) is 5.91 Å². The third-order valence-corrected chi connectivity index (χ3v) is 2.60. The molecule has 0 atom stereocenters. The quantitative estimate of drug-likeness (QED) is 0.911. The van der Waals surface area contributed by atoms with Gasteiger partial charge in [0.1, 0.15) is 0 Å². The maximum atomic E-state index is 11.4. The number of nitrogens with zero attached hydrogens (tertiary/aromatic N) is 4. The van der Waals surface area contributed by atoms with Gasteiger partial charge in [-0.25, -0.2) is 14.6 Å². The Balaban J connectivity index is 2.14. The van der Waals surface area contributed by atoms with Crippen molar-refractivity contribution in [2.75, 3.05) is 5.32 Å². The second kappa shape index (κ2) is 5.60. The summed E-state index contributed by atoms with van der Waals surface area (Å²) in [6.45, 7) is 5.82. The number of aryl methyl sites for hydroxylation is 2. The first-order valence-electron chi connectivity index (χ1n) is 6.25. The predicted octanol–water partition coefficient (Wildman–Crippen LogP) is 2.02. The summed E-state index contributed by atoms with van der Waals surface area (Å²) in [4.78, 5) is 19.9. The third kappa shape index (κ3) is 3.15. The fraction of sp³-hybridized carbons (Fsp3) is 0.385. The second-order valence-electron chi connectivity index (χ2n) is 4.41. The number of nitrogens with one attached hydrogen (secondary N) is 1.